The molecule has 0 N–H and O–H groups in total. The van der Waals surface area contributed by atoms with Gasteiger partial charge in [0.15, 0.2) is 0 Å². The fourth-order valence-electron chi connectivity index (χ4n) is 3.31. The number of rotatable bonds is 7. The molecule has 158 valence electrons. The highest BCUT2D eigenvalue weighted by Gasteiger charge is 2.38. The Bertz CT molecular complexity index is 1030. The summed E-state index contributed by atoms with van der Waals surface area (Å²) in [5, 5.41) is 8.77. The standard InChI is InChI=1S/C22H24Br2N4O2/c1-5-6-7-10-28-21(29)15-12-16(23)20(19(24)18(15)22(28)30)26-25-17-9-8-14(27(3)4)11-13(17)2/h8-9,11-12H,5-7,10H2,1-4H3. The van der Waals surface area contributed by atoms with E-state index in [1.807, 2.05) is 44.1 Å². The van der Waals surface area contributed by atoms with E-state index in [0.717, 1.165) is 36.2 Å². The van der Waals surface area contributed by atoms with Gasteiger partial charge in [0.25, 0.3) is 11.8 Å². The van der Waals surface area contributed by atoms with Crippen LogP contribution in [0.1, 0.15) is 52.5 Å². The largest absolute Gasteiger partial charge is 0.378 e. The Morgan fingerprint density at radius 2 is 1.77 bits per heavy atom. The fraction of sp³-hybridized carbons (Fsp3) is 0.364. The van der Waals surface area contributed by atoms with Crippen LogP contribution in [0.3, 0.4) is 0 Å². The molecule has 2 aromatic rings. The summed E-state index contributed by atoms with van der Waals surface area (Å²) in [6, 6.07) is 7.59. The van der Waals surface area contributed by atoms with Gasteiger partial charge in [-0.25, -0.2) is 0 Å². The monoisotopic (exact) mass is 534 g/mol. The molecule has 1 heterocycles. The Hall–Kier alpha value is -2.06. The molecule has 0 aromatic heterocycles. The van der Waals surface area contributed by atoms with Crippen LogP contribution in [0, 0.1) is 6.92 Å². The van der Waals surface area contributed by atoms with E-state index in [2.05, 4.69) is 49.0 Å². The van der Waals surface area contributed by atoms with Crippen molar-refractivity contribution in [1.29, 1.82) is 0 Å². The highest BCUT2D eigenvalue weighted by molar-refractivity contribution is 9.11. The van der Waals surface area contributed by atoms with Crippen LogP contribution in [0.15, 0.2) is 43.4 Å². The van der Waals surface area contributed by atoms with Crippen molar-refractivity contribution < 1.29 is 9.59 Å². The molecule has 2 aromatic carbocycles. The third-order valence-electron chi connectivity index (χ3n) is 5.07. The highest BCUT2D eigenvalue weighted by Crippen LogP contribution is 2.42. The molecule has 0 bridgehead atoms. The molecule has 0 radical (unpaired) electrons. The van der Waals surface area contributed by atoms with Gasteiger partial charge in [-0.05, 0) is 75.0 Å². The molecule has 8 heteroatoms. The Morgan fingerprint density at radius 1 is 1.03 bits per heavy atom. The predicted molar refractivity (Wildman–Crippen MR) is 126 cm³/mol. The lowest BCUT2D eigenvalue weighted by atomic mass is 10.1. The van der Waals surface area contributed by atoms with E-state index in [9.17, 15) is 9.59 Å². The van der Waals surface area contributed by atoms with Crippen LogP contribution in [0.25, 0.3) is 0 Å². The molecule has 1 aliphatic rings. The van der Waals surface area contributed by atoms with Gasteiger partial charge in [-0.15, -0.1) is 5.11 Å². The number of halogens is 2. The van der Waals surface area contributed by atoms with E-state index in [0.29, 0.717) is 32.3 Å². The summed E-state index contributed by atoms with van der Waals surface area (Å²) in [5.74, 6) is -0.542. The van der Waals surface area contributed by atoms with Crippen molar-refractivity contribution in [1.82, 2.24) is 4.90 Å². The van der Waals surface area contributed by atoms with Crippen molar-refractivity contribution in [2.45, 2.75) is 33.1 Å². The Balaban J connectivity index is 1.94. The van der Waals surface area contributed by atoms with Crippen LogP contribution in [0.2, 0.25) is 0 Å². The Morgan fingerprint density at radius 3 is 2.40 bits per heavy atom. The summed E-state index contributed by atoms with van der Waals surface area (Å²) in [4.78, 5) is 29.0. The predicted octanol–water partition coefficient (Wildman–Crippen LogP) is 6.79. The number of anilines is 1. The van der Waals surface area contributed by atoms with Crippen molar-refractivity contribution in [3.63, 3.8) is 0 Å². The zero-order chi connectivity index (χ0) is 22.0. The number of fused-ring (bicyclic) bond motifs is 1. The van der Waals surface area contributed by atoms with Crippen LogP contribution in [-0.2, 0) is 0 Å². The summed E-state index contributed by atoms with van der Waals surface area (Å²) < 4.78 is 1.09. The molecule has 0 spiro atoms. The molecular formula is C22H24Br2N4O2. The van der Waals surface area contributed by atoms with Crippen molar-refractivity contribution in [3.05, 3.63) is 49.9 Å². The topological polar surface area (TPSA) is 65.3 Å². The Labute approximate surface area is 193 Å². The van der Waals surface area contributed by atoms with Gasteiger partial charge in [0.05, 0.1) is 21.3 Å². The van der Waals surface area contributed by atoms with Gasteiger partial charge in [-0.1, -0.05) is 19.8 Å². The molecule has 0 aliphatic carbocycles. The van der Waals surface area contributed by atoms with E-state index in [1.165, 1.54) is 4.90 Å². The SMILES string of the molecule is CCCCCN1C(=O)c2cc(Br)c(N=Nc3ccc(N(C)C)cc3C)c(Br)c2C1=O. The summed E-state index contributed by atoms with van der Waals surface area (Å²) in [6.45, 7) is 4.49. The molecule has 0 fully saturated rings. The number of imide groups is 1. The van der Waals surface area contributed by atoms with Gasteiger partial charge in [0.1, 0.15) is 5.69 Å². The first-order valence-corrected chi connectivity index (χ1v) is 11.4. The number of amides is 2. The van der Waals surface area contributed by atoms with Crippen molar-refractivity contribution in [2.24, 2.45) is 10.2 Å². The second kappa shape index (κ2) is 9.39. The zero-order valence-corrected chi connectivity index (χ0v) is 20.7. The lowest BCUT2D eigenvalue weighted by Gasteiger charge is -2.13. The normalized spacial score (nSPS) is 13.5. The Kier molecular flexibility index (Phi) is 7.08. The minimum Gasteiger partial charge on any atom is -0.378 e. The molecule has 0 saturated heterocycles. The average molecular weight is 536 g/mol. The highest BCUT2D eigenvalue weighted by atomic mass is 79.9. The number of hydrogen-bond donors (Lipinski definition) is 0. The molecule has 1 aliphatic heterocycles. The number of unbranched alkanes of at least 4 members (excludes halogenated alkanes) is 2. The maximum absolute atomic E-state index is 12.9. The third kappa shape index (κ3) is 4.34. The van der Waals surface area contributed by atoms with Crippen LogP contribution in [-0.4, -0.2) is 37.4 Å². The number of azo groups is 1. The van der Waals surface area contributed by atoms with Crippen molar-refractivity contribution >= 4 is 60.7 Å². The zero-order valence-electron chi connectivity index (χ0n) is 17.5. The smallest absolute Gasteiger partial charge is 0.262 e. The number of nitrogens with zero attached hydrogens (tertiary/aromatic N) is 4. The minimum absolute atomic E-state index is 0.258. The first-order valence-electron chi connectivity index (χ1n) is 9.84. The van der Waals surface area contributed by atoms with Gasteiger partial charge in [0.2, 0.25) is 0 Å². The number of carbonyl (C=O) groups excluding carboxylic acids is 2. The van der Waals surface area contributed by atoms with E-state index >= 15 is 0 Å². The number of benzene rings is 2. The van der Waals surface area contributed by atoms with E-state index in [-0.39, 0.29) is 11.8 Å². The van der Waals surface area contributed by atoms with Crippen molar-refractivity contribution in [2.75, 3.05) is 25.5 Å². The van der Waals surface area contributed by atoms with Crippen LogP contribution >= 0.6 is 31.9 Å². The molecule has 6 nitrogen and oxygen atoms in total. The third-order valence-corrected chi connectivity index (χ3v) is 6.44. The first-order chi connectivity index (χ1) is 14.3. The maximum Gasteiger partial charge on any atom is 0.262 e. The molecular weight excluding hydrogens is 512 g/mol. The van der Waals surface area contributed by atoms with Gasteiger partial charge in [-0.2, -0.15) is 5.11 Å². The summed E-state index contributed by atoms with van der Waals surface area (Å²) in [5.41, 5.74) is 4.05. The maximum atomic E-state index is 12.9. The molecule has 30 heavy (non-hydrogen) atoms. The minimum atomic E-state index is -0.284. The van der Waals surface area contributed by atoms with Crippen LogP contribution in [0.5, 0.6) is 0 Å². The molecule has 3 rings (SSSR count). The lowest BCUT2D eigenvalue weighted by Crippen LogP contribution is -2.30. The second-order valence-electron chi connectivity index (χ2n) is 7.48. The van der Waals surface area contributed by atoms with Crippen molar-refractivity contribution in [3.8, 4) is 0 Å². The lowest BCUT2D eigenvalue weighted by molar-refractivity contribution is 0.0651. The van der Waals surface area contributed by atoms with Gasteiger partial charge >= 0.3 is 0 Å². The number of carbonyl (C=O) groups is 2. The van der Waals surface area contributed by atoms with E-state index in [4.69, 9.17) is 0 Å². The number of aryl methyl sites for hydroxylation is 1. The molecule has 0 saturated carbocycles. The summed E-state index contributed by atoms with van der Waals surface area (Å²) in [6.07, 6.45) is 2.80. The number of hydrogen-bond acceptors (Lipinski definition) is 5. The summed E-state index contributed by atoms with van der Waals surface area (Å²) >= 11 is 6.98. The van der Waals surface area contributed by atoms with Gasteiger partial charge < -0.3 is 4.90 Å². The molecule has 0 unspecified atom stereocenters. The fourth-order valence-corrected chi connectivity index (χ4v) is 4.76. The van der Waals surface area contributed by atoms with Gasteiger partial charge in [-0.3, -0.25) is 14.5 Å². The van der Waals surface area contributed by atoms with Gasteiger partial charge in [0, 0.05) is 30.8 Å². The molecule has 0 atom stereocenters. The quantitative estimate of drug-likeness (QED) is 0.223. The van der Waals surface area contributed by atoms with E-state index < -0.39 is 0 Å². The van der Waals surface area contributed by atoms with E-state index in [1.54, 1.807) is 6.07 Å². The van der Waals surface area contributed by atoms with Crippen LogP contribution in [0.4, 0.5) is 17.1 Å². The first kappa shape index (κ1) is 22.6. The second-order valence-corrected chi connectivity index (χ2v) is 9.13. The van der Waals surface area contributed by atoms with Crippen LogP contribution < -0.4 is 4.90 Å². The molecule has 2 amide bonds. The summed E-state index contributed by atoms with van der Waals surface area (Å²) in [7, 11) is 3.97. The average Bonchev–Trinajstić information content (AvgIpc) is 2.93.